The zero-order chi connectivity index (χ0) is 14.0. The Morgan fingerprint density at radius 2 is 2.16 bits per heavy atom. The molecule has 0 aliphatic carbocycles. The molecule has 0 spiro atoms. The van der Waals surface area contributed by atoms with E-state index in [1.165, 1.54) is 0 Å². The fourth-order valence-corrected chi connectivity index (χ4v) is 2.85. The van der Waals surface area contributed by atoms with Gasteiger partial charge in [0, 0.05) is 18.4 Å². The summed E-state index contributed by atoms with van der Waals surface area (Å²) in [5.74, 6) is 0.00111. The summed E-state index contributed by atoms with van der Waals surface area (Å²) in [6, 6.07) is 4.06. The molecule has 4 nitrogen and oxygen atoms in total. The Balaban J connectivity index is 2.40. The van der Waals surface area contributed by atoms with Gasteiger partial charge in [0.15, 0.2) is 0 Å². The number of carboxylic acids is 1. The van der Waals surface area contributed by atoms with Crippen molar-refractivity contribution in [2.75, 3.05) is 13.7 Å². The van der Waals surface area contributed by atoms with Gasteiger partial charge in [0.05, 0.1) is 19.3 Å². The molecule has 1 N–H and O–H groups in total. The summed E-state index contributed by atoms with van der Waals surface area (Å²) in [6.07, 6.45) is 1.44. The third-order valence-electron chi connectivity index (χ3n) is 3.75. The van der Waals surface area contributed by atoms with E-state index in [1.807, 2.05) is 19.9 Å². The second-order valence-electron chi connectivity index (χ2n) is 5.15. The molecule has 0 saturated carbocycles. The minimum atomic E-state index is -0.793. The number of carboxylic acid groups (broad SMARTS) is 1. The molecular formula is C15H20O4. The molecule has 1 atom stereocenters. The van der Waals surface area contributed by atoms with Crippen LogP contribution in [0, 0.1) is 13.8 Å². The highest BCUT2D eigenvalue weighted by atomic mass is 16.5. The Kier molecular flexibility index (Phi) is 3.80. The van der Waals surface area contributed by atoms with Crippen LogP contribution in [0.15, 0.2) is 12.1 Å². The Morgan fingerprint density at radius 1 is 1.47 bits per heavy atom. The zero-order valence-corrected chi connectivity index (χ0v) is 11.7. The molecule has 1 saturated heterocycles. The van der Waals surface area contributed by atoms with E-state index in [0.717, 1.165) is 28.9 Å². The Labute approximate surface area is 113 Å². The molecule has 104 valence electrons. The van der Waals surface area contributed by atoms with E-state index in [9.17, 15) is 4.79 Å². The molecule has 0 amide bonds. The van der Waals surface area contributed by atoms with Crippen LogP contribution in [0.4, 0.5) is 0 Å². The third kappa shape index (κ3) is 2.59. The zero-order valence-electron chi connectivity index (χ0n) is 11.7. The summed E-state index contributed by atoms with van der Waals surface area (Å²) in [6.45, 7) is 4.72. The van der Waals surface area contributed by atoms with Gasteiger partial charge in [0.2, 0.25) is 0 Å². The number of methoxy groups -OCH3 is 1. The SMILES string of the molecule is COc1cc(C)cc(C)c1C1(CCC(=O)O)CCO1. The standard InChI is InChI=1S/C15H20O4/c1-10-8-11(2)14(12(9-10)18-3)15(6-7-19-15)5-4-13(16)17/h8-9H,4-7H2,1-3H3,(H,16,17). The largest absolute Gasteiger partial charge is 0.496 e. The van der Waals surface area contributed by atoms with Crippen molar-refractivity contribution in [3.05, 3.63) is 28.8 Å². The number of hydrogen-bond acceptors (Lipinski definition) is 3. The highest BCUT2D eigenvalue weighted by Gasteiger charge is 2.43. The minimum Gasteiger partial charge on any atom is -0.496 e. The van der Waals surface area contributed by atoms with E-state index in [4.69, 9.17) is 14.6 Å². The van der Waals surface area contributed by atoms with Crippen LogP contribution in [0.25, 0.3) is 0 Å². The van der Waals surface area contributed by atoms with Crippen molar-refractivity contribution in [1.29, 1.82) is 0 Å². The second kappa shape index (κ2) is 5.21. The monoisotopic (exact) mass is 264 g/mol. The average molecular weight is 264 g/mol. The van der Waals surface area contributed by atoms with Gasteiger partial charge < -0.3 is 14.6 Å². The fourth-order valence-electron chi connectivity index (χ4n) is 2.85. The second-order valence-corrected chi connectivity index (χ2v) is 5.15. The molecule has 1 aliphatic heterocycles. The highest BCUT2D eigenvalue weighted by Crippen LogP contribution is 2.47. The van der Waals surface area contributed by atoms with E-state index in [-0.39, 0.29) is 6.42 Å². The molecule has 1 aromatic carbocycles. The maximum Gasteiger partial charge on any atom is 0.303 e. The molecule has 0 aromatic heterocycles. The van der Waals surface area contributed by atoms with Crippen LogP contribution in [-0.2, 0) is 15.1 Å². The van der Waals surface area contributed by atoms with Crippen LogP contribution in [0.2, 0.25) is 0 Å². The summed E-state index contributed by atoms with van der Waals surface area (Å²) in [7, 11) is 1.64. The van der Waals surface area contributed by atoms with E-state index in [2.05, 4.69) is 6.07 Å². The van der Waals surface area contributed by atoms with E-state index >= 15 is 0 Å². The van der Waals surface area contributed by atoms with Gasteiger partial charge in [-0.3, -0.25) is 4.79 Å². The summed E-state index contributed by atoms with van der Waals surface area (Å²) in [5.41, 5.74) is 2.75. The number of aliphatic carboxylic acids is 1. The lowest BCUT2D eigenvalue weighted by Crippen LogP contribution is -2.42. The lowest BCUT2D eigenvalue weighted by atomic mass is 9.79. The molecule has 1 aromatic rings. The van der Waals surface area contributed by atoms with Crippen molar-refractivity contribution in [2.24, 2.45) is 0 Å². The molecule has 1 heterocycles. The van der Waals surface area contributed by atoms with Gasteiger partial charge in [-0.05, 0) is 37.5 Å². The van der Waals surface area contributed by atoms with Crippen molar-refractivity contribution >= 4 is 5.97 Å². The lowest BCUT2D eigenvalue weighted by molar-refractivity contribution is -0.166. The van der Waals surface area contributed by atoms with E-state index in [1.54, 1.807) is 7.11 Å². The maximum absolute atomic E-state index is 10.8. The number of aryl methyl sites for hydroxylation is 2. The number of ether oxygens (including phenoxy) is 2. The fraction of sp³-hybridized carbons (Fsp3) is 0.533. The van der Waals surface area contributed by atoms with Crippen LogP contribution >= 0.6 is 0 Å². The van der Waals surface area contributed by atoms with Gasteiger partial charge in [-0.15, -0.1) is 0 Å². The van der Waals surface area contributed by atoms with Crippen LogP contribution in [0.3, 0.4) is 0 Å². The van der Waals surface area contributed by atoms with Gasteiger partial charge in [-0.25, -0.2) is 0 Å². The number of hydrogen-bond donors (Lipinski definition) is 1. The molecule has 2 rings (SSSR count). The molecule has 1 aliphatic rings. The van der Waals surface area contributed by atoms with Crippen LogP contribution in [-0.4, -0.2) is 24.8 Å². The predicted octanol–water partition coefficient (Wildman–Crippen LogP) is 2.79. The topological polar surface area (TPSA) is 55.8 Å². The summed E-state index contributed by atoms with van der Waals surface area (Å²) in [5, 5.41) is 8.90. The number of benzene rings is 1. The smallest absolute Gasteiger partial charge is 0.303 e. The molecular weight excluding hydrogens is 244 g/mol. The first-order chi connectivity index (χ1) is 8.98. The minimum absolute atomic E-state index is 0.108. The first kappa shape index (κ1) is 13.9. The molecule has 19 heavy (non-hydrogen) atoms. The number of carbonyl (C=O) groups is 1. The van der Waals surface area contributed by atoms with Crippen molar-refractivity contribution in [1.82, 2.24) is 0 Å². The Morgan fingerprint density at radius 3 is 2.63 bits per heavy atom. The van der Waals surface area contributed by atoms with Crippen molar-refractivity contribution < 1.29 is 19.4 Å². The summed E-state index contributed by atoms with van der Waals surface area (Å²) >= 11 is 0. The molecule has 1 unspecified atom stereocenters. The summed E-state index contributed by atoms with van der Waals surface area (Å²) in [4.78, 5) is 10.8. The number of rotatable bonds is 5. The van der Waals surface area contributed by atoms with Crippen LogP contribution < -0.4 is 4.74 Å². The molecule has 4 heteroatoms. The molecule has 1 fully saturated rings. The van der Waals surface area contributed by atoms with Gasteiger partial charge in [-0.2, -0.15) is 0 Å². The quantitative estimate of drug-likeness (QED) is 0.888. The molecule has 0 bridgehead atoms. The van der Waals surface area contributed by atoms with Gasteiger partial charge in [0.25, 0.3) is 0 Å². The van der Waals surface area contributed by atoms with Crippen molar-refractivity contribution in [3.63, 3.8) is 0 Å². The third-order valence-corrected chi connectivity index (χ3v) is 3.75. The van der Waals surface area contributed by atoms with Gasteiger partial charge in [-0.1, -0.05) is 6.07 Å². The van der Waals surface area contributed by atoms with Crippen LogP contribution in [0.1, 0.15) is 36.0 Å². The highest BCUT2D eigenvalue weighted by molar-refractivity contribution is 5.67. The van der Waals surface area contributed by atoms with Crippen molar-refractivity contribution in [2.45, 2.75) is 38.7 Å². The Bertz CT molecular complexity index is 489. The normalized spacial score (nSPS) is 21.8. The maximum atomic E-state index is 10.8. The van der Waals surface area contributed by atoms with E-state index < -0.39 is 11.6 Å². The van der Waals surface area contributed by atoms with E-state index in [0.29, 0.717) is 13.0 Å². The average Bonchev–Trinajstić information content (AvgIpc) is 2.28. The summed E-state index contributed by atoms with van der Waals surface area (Å²) < 4.78 is 11.2. The van der Waals surface area contributed by atoms with Crippen LogP contribution in [0.5, 0.6) is 5.75 Å². The predicted molar refractivity (Wildman–Crippen MR) is 71.6 cm³/mol. The molecule has 0 radical (unpaired) electrons. The van der Waals surface area contributed by atoms with Gasteiger partial charge in [0.1, 0.15) is 5.75 Å². The first-order valence-corrected chi connectivity index (χ1v) is 6.50. The Hall–Kier alpha value is -1.55. The van der Waals surface area contributed by atoms with Gasteiger partial charge >= 0.3 is 5.97 Å². The first-order valence-electron chi connectivity index (χ1n) is 6.50. The van der Waals surface area contributed by atoms with Crippen molar-refractivity contribution in [3.8, 4) is 5.75 Å². The lowest BCUT2D eigenvalue weighted by Gasteiger charge is -2.43.